The molecule has 0 amide bonds. The lowest BCUT2D eigenvalue weighted by molar-refractivity contribution is 0.242. The molecule has 86 valence electrons. The molecule has 1 unspecified atom stereocenters. The summed E-state index contributed by atoms with van der Waals surface area (Å²) >= 11 is 5.56. The van der Waals surface area contributed by atoms with E-state index in [0.717, 1.165) is 6.42 Å². The van der Waals surface area contributed by atoms with Gasteiger partial charge in [-0.05, 0) is 19.9 Å². The first-order chi connectivity index (χ1) is 7.76. The van der Waals surface area contributed by atoms with Crippen molar-refractivity contribution in [2.24, 2.45) is 0 Å². The molecule has 0 aliphatic heterocycles. The maximum atomic E-state index is 5.66. The van der Waals surface area contributed by atoms with Crippen LogP contribution >= 0.6 is 11.6 Å². The van der Waals surface area contributed by atoms with Crippen molar-refractivity contribution < 1.29 is 4.74 Å². The number of halogens is 1. The van der Waals surface area contributed by atoms with Crippen LogP contribution in [0.5, 0.6) is 5.88 Å². The maximum absolute atomic E-state index is 5.66. The molecule has 16 heavy (non-hydrogen) atoms. The second-order valence-electron chi connectivity index (χ2n) is 3.22. The highest BCUT2D eigenvalue weighted by Crippen LogP contribution is 2.11. The fourth-order valence-corrected chi connectivity index (χ4v) is 1.33. The van der Waals surface area contributed by atoms with Crippen molar-refractivity contribution in [3.8, 4) is 5.88 Å². The van der Waals surface area contributed by atoms with Gasteiger partial charge in [0.2, 0.25) is 5.88 Å². The van der Waals surface area contributed by atoms with Crippen molar-refractivity contribution >= 4 is 11.6 Å². The number of aromatic nitrogens is 2. The zero-order chi connectivity index (χ0) is 11.8. The van der Waals surface area contributed by atoms with E-state index >= 15 is 0 Å². The second kappa shape index (κ2) is 7.01. The zero-order valence-corrected chi connectivity index (χ0v) is 10.2. The fraction of sp³-hybridized carbons (Fsp3) is 0.333. The minimum Gasteiger partial charge on any atom is -0.470 e. The van der Waals surface area contributed by atoms with Gasteiger partial charge in [-0.25, -0.2) is 4.98 Å². The Hall–Kier alpha value is -1.35. The molecule has 0 aliphatic carbocycles. The first-order valence-electron chi connectivity index (χ1n) is 5.10. The lowest BCUT2D eigenvalue weighted by atomic mass is 10.2. The van der Waals surface area contributed by atoms with E-state index in [4.69, 9.17) is 16.3 Å². The predicted octanol–water partition coefficient (Wildman–Crippen LogP) is 3.25. The molecule has 1 rings (SSSR count). The monoisotopic (exact) mass is 238 g/mol. The molecule has 0 aliphatic rings. The van der Waals surface area contributed by atoms with E-state index in [1.165, 1.54) is 5.54 Å². The van der Waals surface area contributed by atoms with Crippen molar-refractivity contribution in [2.75, 3.05) is 0 Å². The van der Waals surface area contributed by atoms with E-state index in [9.17, 15) is 0 Å². The van der Waals surface area contributed by atoms with Crippen molar-refractivity contribution in [3.05, 3.63) is 41.9 Å². The summed E-state index contributed by atoms with van der Waals surface area (Å²) in [6, 6.07) is 1.73. The van der Waals surface area contributed by atoms with Gasteiger partial charge in [0.15, 0.2) is 0 Å². The van der Waals surface area contributed by atoms with Crippen LogP contribution < -0.4 is 4.74 Å². The lowest BCUT2D eigenvalue weighted by Crippen LogP contribution is -2.13. The predicted molar refractivity (Wildman–Crippen MR) is 65.6 cm³/mol. The summed E-state index contributed by atoms with van der Waals surface area (Å²) in [5, 5.41) is 0. The quantitative estimate of drug-likeness (QED) is 0.739. The SMILES string of the molecule is C/C=C\CC(/C=C/Cl)Oc1ccnc(C)n1. The van der Waals surface area contributed by atoms with Gasteiger partial charge < -0.3 is 4.74 Å². The molecule has 0 bridgehead atoms. The number of nitrogens with zero attached hydrogens (tertiary/aromatic N) is 2. The summed E-state index contributed by atoms with van der Waals surface area (Å²) in [5.74, 6) is 1.26. The van der Waals surface area contributed by atoms with E-state index in [0.29, 0.717) is 11.7 Å². The molecule has 0 saturated carbocycles. The highest BCUT2D eigenvalue weighted by molar-refractivity contribution is 6.25. The standard InChI is InChI=1S/C12H15ClN2O/c1-3-4-5-11(6-8-13)16-12-7-9-14-10(2)15-12/h3-4,6-9,11H,5H2,1-2H3/b4-3-,8-6+. The Morgan fingerprint density at radius 1 is 1.56 bits per heavy atom. The largest absolute Gasteiger partial charge is 0.470 e. The smallest absolute Gasteiger partial charge is 0.217 e. The maximum Gasteiger partial charge on any atom is 0.217 e. The molecule has 0 N–H and O–H groups in total. The molecule has 3 nitrogen and oxygen atoms in total. The van der Waals surface area contributed by atoms with Crippen molar-refractivity contribution in [2.45, 2.75) is 26.4 Å². The average molecular weight is 239 g/mol. The third-order valence-corrected chi connectivity index (χ3v) is 2.06. The summed E-state index contributed by atoms with van der Waals surface area (Å²) < 4.78 is 5.66. The number of rotatable bonds is 5. The Kier molecular flexibility index (Phi) is 5.57. The van der Waals surface area contributed by atoms with E-state index in [1.807, 2.05) is 26.0 Å². The van der Waals surface area contributed by atoms with E-state index in [-0.39, 0.29) is 6.10 Å². The fourth-order valence-electron chi connectivity index (χ4n) is 1.17. The van der Waals surface area contributed by atoms with Gasteiger partial charge in [-0.2, -0.15) is 4.98 Å². The van der Waals surface area contributed by atoms with Crippen LogP contribution in [0.15, 0.2) is 36.0 Å². The van der Waals surface area contributed by atoms with Gasteiger partial charge in [0, 0.05) is 24.2 Å². The van der Waals surface area contributed by atoms with Crippen LogP contribution in [0.25, 0.3) is 0 Å². The van der Waals surface area contributed by atoms with E-state index in [1.54, 1.807) is 18.3 Å². The summed E-state index contributed by atoms with van der Waals surface area (Å²) in [7, 11) is 0. The molecule has 0 spiro atoms. The molecule has 1 aromatic heterocycles. The minimum absolute atomic E-state index is 0.0944. The Balaban J connectivity index is 2.67. The second-order valence-corrected chi connectivity index (χ2v) is 3.47. The van der Waals surface area contributed by atoms with Gasteiger partial charge >= 0.3 is 0 Å². The third-order valence-electron chi connectivity index (χ3n) is 1.91. The highest BCUT2D eigenvalue weighted by atomic mass is 35.5. The third kappa shape index (κ3) is 4.45. The number of allylic oxidation sites excluding steroid dienone is 1. The van der Waals surface area contributed by atoms with E-state index in [2.05, 4.69) is 9.97 Å². The minimum atomic E-state index is -0.0944. The molecule has 0 radical (unpaired) electrons. The molecule has 0 fully saturated rings. The van der Waals surface area contributed by atoms with Gasteiger partial charge in [-0.1, -0.05) is 23.8 Å². The van der Waals surface area contributed by atoms with Crippen LogP contribution in [0.2, 0.25) is 0 Å². The average Bonchev–Trinajstić information content (AvgIpc) is 2.26. The lowest BCUT2D eigenvalue weighted by Gasteiger charge is -2.12. The number of hydrogen-bond donors (Lipinski definition) is 0. The van der Waals surface area contributed by atoms with Crippen molar-refractivity contribution in [1.29, 1.82) is 0 Å². The molecule has 1 atom stereocenters. The topological polar surface area (TPSA) is 35.0 Å². The van der Waals surface area contributed by atoms with Crippen LogP contribution in [0.4, 0.5) is 0 Å². The van der Waals surface area contributed by atoms with Crippen molar-refractivity contribution in [1.82, 2.24) is 9.97 Å². The zero-order valence-electron chi connectivity index (χ0n) is 9.43. The molecular weight excluding hydrogens is 224 g/mol. The molecule has 1 aromatic rings. The first-order valence-corrected chi connectivity index (χ1v) is 5.54. The van der Waals surface area contributed by atoms with Gasteiger partial charge in [-0.3, -0.25) is 0 Å². The Bertz CT molecular complexity index is 377. The van der Waals surface area contributed by atoms with E-state index < -0.39 is 0 Å². The van der Waals surface area contributed by atoms with Gasteiger partial charge in [0.05, 0.1) is 0 Å². The first kappa shape index (κ1) is 12.7. The molecule has 4 heteroatoms. The van der Waals surface area contributed by atoms with Crippen LogP contribution in [-0.2, 0) is 0 Å². The Labute approximate surface area is 101 Å². The van der Waals surface area contributed by atoms with Crippen molar-refractivity contribution in [3.63, 3.8) is 0 Å². The highest BCUT2D eigenvalue weighted by Gasteiger charge is 2.05. The summed E-state index contributed by atoms with van der Waals surface area (Å²) in [6.07, 6.45) is 8.14. The normalized spacial score (nSPS) is 13.4. The van der Waals surface area contributed by atoms with Crippen LogP contribution in [0.3, 0.4) is 0 Å². The van der Waals surface area contributed by atoms with Crippen LogP contribution in [-0.4, -0.2) is 16.1 Å². The Morgan fingerprint density at radius 2 is 2.38 bits per heavy atom. The number of hydrogen-bond acceptors (Lipinski definition) is 3. The van der Waals surface area contributed by atoms with Gasteiger partial charge in [0.1, 0.15) is 11.9 Å². The van der Waals surface area contributed by atoms with Gasteiger partial charge in [-0.15, -0.1) is 0 Å². The number of aryl methyl sites for hydroxylation is 1. The Morgan fingerprint density at radius 3 is 3.00 bits per heavy atom. The summed E-state index contributed by atoms with van der Waals surface area (Å²) in [6.45, 7) is 3.79. The number of ether oxygens (including phenoxy) is 1. The molecule has 0 aromatic carbocycles. The molecule has 1 heterocycles. The van der Waals surface area contributed by atoms with Crippen LogP contribution in [0.1, 0.15) is 19.2 Å². The molecule has 0 saturated heterocycles. The summed E-state index contributed by atoms with van der Waals surface area (Å²) in [5.41, 5.74) is 1.46. The summed E-state index contributed by atoms with van der Waals surface area (Å²) in [4.78, 5) is 8.17. The van der Waals surface area contributed by atoms with Gasteiger partial charge in [0.25, 0.3) is 0 Å². The molecular formula is C12H15ClN2O. The van der Waals surface area contributed by atoms with Crippen LogP contribution in [0, 0.1) is 6.92 Å².